The van der Waals surface area contributed by atoms with Crippen molar-refractivity contribution in [3.05, 3.63) is 125 Å². The second-order valence-corrected chi connectivity index (χ2v) is 9.47. The van der Waals surface area contributed by atoms with Crippen molar-refractivity contribution in [3.8, 4) is 5.75 Å². The van der Waals surface area contributed by atoms with Crippen LogP contribution in [0.25, 0.3) is 10.2 Å². The molecule has 0 spiro atoms. The molecule has 1 amide bonds. The van der Waals surface area contributed by atoms with Crippen LogP contribution in [0.5, 0.6) is 5.75 Å². The van der Waals surface area contributed by atoms with E-state index in [1.165, 1.54) is 22.5 Å². The van der Waals surface area contributed by atoms with Crippen LogP contribution in [0.3, 0.4) is 0 Å². The Morgan fingerprint density at radius 3 is 2.11 bits per heavy atom. The van der Waals surface area contributed by atoms with Crippen LogP contribution in [0.2, 0.25) is 0 Å². The van der Waals surface area contributed by atoms with E-state index in [1.54, 1.807) is 12.0 Å². The Balaban J connectivity index is 1.49. The average Bonchev–Trinajstić information content (AvgIpc) is 3.35. The normalized spacial score (nSPS) is 10.9. The second-order valence-electron chi connectivity index (χ2n) is 8.50. The number of thiazole rings is 1. The molecule has 0 fully saturated rings. The average molecular weight is 479 g/mol. The molecule has 0 N–H and O–H groups in total. The molecule has 0 unspecified atom stereocenters. The fraction of sp³-hybridized carbons (Fsp3) is 0.133. The Morgan fingerprint density at radius 2 is 1.46 bits per heavy atom. The fourth-order valence-corrected chi connectivity index (χ4v) is 5.17. The maximum Gasteiger partial charge on any atom is 0.260 e. The number of ether oxygens (including phenoxy) is 1. The summed E-state index contributed by atoms with van der Waals surface area (Å²) in [5, 5.41) is 0.662. The zero-order chi connectivity index (χ0) is 24.2. The van der Waals surface area contributed by atoms with E-state index in [2.05, 4.69) is 19.1 Å². The molecule has 1 heterocycles. The molecule has 5 rings (SSSR count). The largest absolute Gasteiger partial charge is 0.494 e. The van der Waals surface area contributed by atoms with Crippen molar-refractivity contribution >= 4 is 32.6 Å². The van der Waals surface area contributed by atoms with E-state index in [-0.39, 0.29) is 5.91 Å². The third kappa shape index (κ3) is 4.96. The first kappa shape index (κ1) is 22.8. The lowest BCUT2D eigenvalue weighted by Crippen LogP contribution is -2.30. The first-order valence-electron chi connectivity index (χ1n) is 11.5. The Bertz CT molecular complexity index is 1450. The number of anilines is 1. The summed E-state index contributed by atoms with van der Waals surface area (Å²) >= 11 is 1.52. The summed E-state index contributed by atoms with van der Waals surface area (Å²) in [5.41, 5.74) is 6.00. The van der Waals surface area contributed by atoms with E-state index in [0.29, 0.717) is 23.0 Å². The predicted molar refractivity (Wildman–Crippen MR) is 144 cm³/mol. The maximum atomic E-state index is 13.8. The van der Waals surface area contributed by atoms with Crippen LogP contribution in [-0.4, -0.2) is 18.0 Å². The van der Waals surface area contributed by atoms with Gasteiger partial charge in [-0.25, -0.2) is 4.98 Å². The Labute approximate surface area is 209 Å². The molecule has 174 valence electrons. The van der Waals surface area contributed by atoms with Gasteiger partial charge in [-0.2, -0.15) is 0 Å². The Kier molecular flexibility index (Phi) is 6.59. The number of amides is 1. The van der Waals surface area contributed by atoms with Gasteiger partial charge in [0.25, 0.3) is 5.91 Å². The number of fused-ring (bicyclic) bond motifs is 1. The van der Waals surface area contributed by atoms with Crippen LogP contribution in [0, 0.1) is 6.92 Å². The molecule has 4 nitrogen and oxygen atoms in total. The van der Waals surface area contributed by atoms with Gasteiger partial charge in [0.05, 0.1) is 18.4 Å². The van der Waals surface area contributed by atoms with Gasteiger partial charge in [-0.05, 0) is 53.8 Å². The van der Waals surface area contributed by atoms with Crippen molar-refractivity contribution in [2.75, 3.05) is 12.0 Å². The van der Waals surface area contributed by atoms with Gasteiger partial charge in [0.15, 0.2) is 5.13 Å². The molecule has 0 saturated carbocycles. The van der Waals surface area contributed by atoms with E-state index in [4.69, 9.17) is 9.72 Å². The third-order valence-corrected chi connectivity index (χ3v) is 7.24. The highest BCUT2D eigenvalue weighted by molar-refractivity contribution is 7.22. The van der Waals surface area contributed by atoms with Crippen LogP contribution in [0.4, 0.5) is 5.13 Å². The van der Waals surface area contributed by atoms with Crippen molar-refractivity contribution in [2.45, 2.75) is 19.9 Å². The lowest BCUT2D eigenvalue weighted by molar-refractivity contribution is 0.0985. The van der Waals surface area contributed by atoms with Crippen molar-refractivity contribution in [3.63, 3.8) is 0 Å². The number of hydrogen-bond acceptors (Lipinski definition) is 4. The number of aromatic nitrogens is 1. The first-order chi connectivity index (χ1) is 17.1. The molecule has 0 aliphatic rings. The summed E-state index contributed by atoms with van der Waals surface area (Å²) in [6, 6.07) is 32.2. The molecule has 35 heavy (non-hydrogen) atoms. The highest BCUT2D eigenvalue weighted by atomic mass is 32.1. The lowest BCUT2D eigenvalue weighted by atomic mass is 10.0. The van der Waals surface area contributed by atoms with Gasteiger partial charge >= 0.3 is 0 Å². The fourth-order valence-electron chi connectivity index (χ4n) is 4.12. The van der Waals surface area contributed by atoms with E-state index < -0.39 is 0 Å². The first-order valence-corrected chi connectivity index (χ1v) is 12.4. The van der Waals surface area contributed by atoms with E-state index in [1.807, 2.05) is 84.9 Å². The smallest absolute Gasteiger partial charge is 0.260 e. The molecule has 0 aliphatic heterocycles. The molecule has 0 radical (unpaired) electrons. The molecular formula is C30H26N2O2S. The van der Waals surface area contributed by atoms with Gasteiger partial charge in [-0.15, -0.1) is 0 Å². The van der Waals surface area contributed by atoms with Crippen LogP contribution in [0.1, 0.15) is 32.6 Å². The van der Waals surface area contributed by atoms with Crippen molar-refractivity contribution in [2.24, 2.45) is 0 Å². The number of aryl methyl sites for hydroxylation is 1. The van der Waals surface area contributed by atoms with Crippen molar-refractivity contribution in [1.82, 2.24) is 4.98 Å². The van der Waals surface area contributed by atoms with Gasteiger partial charge in [0.2, 0.25) is 0 Å². The zero-order valence-corrected chi connectivity index (χ0v) is 20.6. The minimum Gasteiger partial charge on any atom is -0.494 e. The molecule has 5 aromatic rings. The number of carbonyl (C=O) groups excluding carboxylic acids is 1. The quantitative estimate of drug-likeness (QED) is 0.252. The number of benzene rings is 4. The Hall–Kier alpha value is -3.96. The number of rotatable bonds is 7. The number of hydrogen-bond donors (Lipinski definition) is 0. The Morgan fingerprint density at radius 1 is 0.829 bits per heavy atom. The molecule has 4 aromatic carbocycles. The van der Waals surface area contributed by atoms with Gasteiger partial charge in [0.1, 0.15) is 11.3 Å². The summed E-state index contributed by atoms with van der Waals surface area (Å²) in [5.74, 6) is 0.640. The van der Waals surface area contributed by atoms with E-state index in [0.717, 1.165) is 27.8 Å². The summed E-state index contributed by atoms with van der Waals surface area (Å²) in [4.78, 5) is 20.4. The summed E-state index contributed by atoms with van der Waals surface area (Å²) in [6.07, 6.45) is 0.833. The van der Waals surface area contributed by atoms with Gasteiger partial charge < -0.3 is 4.74 Å². The summed E-state index contributed by atoms with van der Waals surface area (Å²) < 4.78 is 6.57. The molecule has 0 atom stereocenters. The minimum atomic E-state index is -0.0733. The van der Waals surface area contributed by atoms with Crippen molar-refractivity contribution in [1.29, 1.82) is 0 Å². The van der Waals surface area contributed by atoms with Gasteiger partial charge in [-0.1, -0.05) is 90.2 Å². The number of nitrogens with zero attached hydrogens (tertiary/aromatic N) is 2. The molecule has 0 aliphatic carbocycles. The topological polar surface area (TPSA) is 42.4 Å². The molecular weight excluding hydrogens is 452 g/mol. The minimum absolute atomic E-state index is 0.0733. The number of methoxy groups -OCH3 is 1. The SMILES string of the molecule is COc1ccc(C)c2sc(N(Cc3ccccc3)C(=O)c3ccc(Cc4ccccc4)cc3)nc12. The zero-order valence-electron chi connectivity index (χ0n) is 19.8. The van der Waals surface area contributed by atoms with Crippen molar-refractivity contribution < 1.29 is 9.53 Å². The van der Waals surface area contributed by atoms with Crippen LogP contribution >= 0.6 is 11.3 Å². The molecule has 0 bridgehead atoms. The van der Waals surface area contributed by atoms with E-state index >= 15 is 0 Å². The second kappa shape index (κ2) is 10.1. The van der Waals surface area contributed by atoms with Gasteiger partial charge in [0, 0.05) is 5.56 Å². The lowest BCUT2D eigenvalue weighted by Gasteiger charge is -2.20. The number of carbonyl (C=O) groups is 1. The monoisotopic (exact) mass is 478 g/mol. The molecule has 0 saturated heterocycles. The summed E-state index contributed by atoms with van der Waals surface area (Å²) in [6.45, 7) is 2.49. The van der Waals surface area contributed by atoms with Crippen LogP contribution in [-0.2, 0) is 13.0 Å². The summed E-state index contributed by atoms with van der Waals surface area (Å²) in [7, 11) is 1.65. The molecule has 1 aromatic heterocycles. The van der Waals surface area contributed by atoms with E-state index in [9.17, 15) is 4.79 Å². The third-order valence-electron chi connectivity index (χ3n) is 6.02. The van der Waals surface area contributed by atoms with Gasteiger partial charge in [-0.3, -0.25) is 9.69 Å². The standard InChI is InChI=1S/C30H26N2O2S/c1-21-13-18-26(34-2)27-28(21)35-30(31-27)32(20-24-11-7-4-8-12-24)29(33)25-16-14-23(15-17-25)19-22-9-5-3-6-10-22/h3-18H,19-20H2,1-2H3. The maximum absolute atomic E-state index is 13.8. The van der Waals surface area contributed by atoms with Crippen LogP contribution < -0.4 is 9.64 Å². The highest BCUT2D eigenvalue weighted by Gasteiger charge is 2.23. The predicted octanol–water partition coefficient (Wildman–Crippen LogP) is 7.05. The highest BCUT2D eigenvalue weighted by Crippen LogP contribution is 2.37. The van der Waals surface area contributed by atoms with Crippen LogP contribution in [0.15, 0.2) is 97.1 Å². The molecule has 5 heteroatoms.